The van der Waals surface area contributed by atoms with Crippen LogP contribution in [0.25, 0.3) is 0 Å². The normalized spacial score (nSPS) is 10.3. The molecule has 0 bridgehead atoms. The van der Waals surface area contributed by atoms with Crippen molar-refractivity contribution in [1.82, 2.24) is 4.90 Å². The average Bonchev–Trinajstić information content (AvgIpc) is 2.87. The maximum atomic E-state index is 13.2. The number of aromatic carboxylic acids is 1. The highest BCUT2D eigenvalue weighted by Gasteiger charge is 2.20. The van der Waals surface area contributed by atoms with Gasteiger partial charge in [-0.1, -0.05) is 30.3 Å². The van der Waals surface area contributed by atoms with Crippen molar-refractivity contribution in [2.75, 3.05) is 27.9 Å². The molecular formula is C26H27NO7. The van der Waals surface area contributed by atoms with Gasteiger partial charge in [-0.3, -0.25) is 4.79 Å². The second-order valence-electron chi connectivity index (χ2n) is 7.37. The Morgan fingerprint density at radius 2 is 1.44 bits per heavy atom. The van der Waals surface area contributed by atoms with Crippen LogP contribution >= 0.6 is 0 Å². The monoisotopic (exact) mass is 465 g/mol. The second kappa shape index (κ2) is 11.6. The van der Waals surface area contributed by atoms with Gasteiger partial charge >= 0.3 is 5.97 Å². The number of methoxy groups -OCH3 is 3. The fourth-order valence-corrected chi connectivity index (χ4v) is 3.38. The Balaban J connectivity index is 1.84. The molecule has 0 spiro atoms. The van der Waals surface area contributed by atoms with Gasteiger partial charge in [-0.2, -0.15) is 0 Å². The van der Waals surface area contributed by atoms with E-state index in [2.05, 4.69) is 0 Å². The van der Waals surface area contributed by atoms with E-state index < -0.39 is 5.97 Å². The van der Waals surface area contributed by atoms with Crippen molar-refractivity contribution < 1.29 is 33.6 Å². The Bertz CT molecular complexity index is 1130. The lowest BCUT2D eigenvalue weighted by molar-refractivity contribution is -0.134. The molecule has 0 saturated heterocycles. The zero-order valence-corrected chi connectivity index (χ0v) is 19.3. The summed E-state index contributed by atoms with van der Waals surface area (Å²) in [5.41, 5.74) is 1.68. The van der Waals surface area contributed by atoms with E-state index >= 15 is 0 Å². The van der Waals surface area contributed by atoms with Crippen LogP contribution in [0.2, 0.25) is 0 Å². The quantitative estimate of drug-likeness (QED) is 0.457. The number of carbonyl (C=O) groups excluding carboxylic acids is 1. The van der Waals surface area contributed by atoms with Gasteiger partial charge < -0.3 is 29.0 Å². The fourth-order valence-electron chi connectivity index (χ4n) is 3.38. The lowest BCUT2D eigenvalue weighted by Crippen LogP contribution is -2.34. The molecule has 0 aliphatic heterocycles. The van der Waals surface area contributed by atoms with E-state index in [4.69, 9.17) is 18.9 Å². The van der Waals surface area contributed by atoms with Gasteiger partial charge in [0.2, 0.25) is 0 Å². The molecule has 0 radical (unpaired) electrons. The fraction of sp³-hybridized carbons (Fsp3) is 0.231. The highest BCUT2D eigenvalue weighted by Crippen LogP contribution is 2.27. The van der Waals surface area contributed by atoms with Crippen molar-refractivity contribution >= 4 is 11.9 Å². The summed E-state index contributed by atoms with van der Waals surface area (Å²) in [7, 11) is 4.59. The zero-order chi connectivity index (χ0) is 24.5. The van der Waals surface area contributed by atoms with E-state index in [9.17, 15) is 14.7 Å². The minimum atomic E-state index is -1.16. The predicted molar refractivity (Wildman–Crippen MR) is 126 cm³/mol. The first-order valence-corrected chi connectivity index (χ1v) is 10.5. The second-order valence-corrected chi connectivity index (χ2v) is 7.37. The molecule has 0 unspecified atom stereocenters. The van der Waals surface area contributed by atoms with E-state index in [1.54, 1.807) is 31.3 Å². The molecule has 8 nitrogen and oxygen atoms in total. The van der Waals surface area contributed by atoms with Gasteiger partial charge in [-0.15, -0.1) is 0 Å². The molecular weight excluding hydrogens is 438 g/mol. The summed E-state index contributed by atoms with van der Waals surface area (Å²) in [6.45, 7) is 0.245. The lowest BCUT2D eigenvalue weighted by Gasteiger charge is -2.24. The molecule has 8 heteroatoms. The van der Waals surface area contributed by atoms with Crippen molar-refractivity contribution in [3.8, 4) is 23.0 Å². The summed E-state index contributed by atoms with van der Waals surface area (Å²) in [6.07, 6.45) is 0. The third kappa shape index (κ3) is 6.19. The number of nitrogens with zero attached hydrogens (tertiary/aromatic N) is 1. The van der Waals surface area contributed by atoms with Crippen LogP contribution in [0.3, 0.4) is 0 Å². The van der Waals surface area contributed by atoms with Gasteiger partial charge in [-0.05, 0) is 29.8 Å². The van der Waals surface area contributed by atoms with Crippen LogP contribution in [0, 0.1) is 0 Å². The number of ether oxygens (including phenoxy) is 4. The van der Waals surface area contributed by atoms with E-state index in [1.807, 2.05) is 36.4 Å². The van der Waals surface area contributed by atoms with Crippen LogP contribution in [-0.2, 0) is 17.9 Å². The van der Waals surface area contributed by atoms with Crippen molar-refractivity contribution in [2.45, 2.75) is 13.1 Å². The van der Waals surface area contributed by atoms with Crippen LogP contribution in [0.15, 0.2) is 66.7 Å². The Morgan fingerprint density at radius 1 is 0.794 bits per heavy atom. The van der Waals surface area contributed by atoms with Gasteiger partial charge in [0.25, 0.3) is 5.91 Å². The first kappa shape index (κ1) is 24.4. The van der Waals surface area contributed by atoms with Crippen molar-refractivity contribution in [3.05, 3.63) is 83.4 Å². The number of rotatable bonds is 11. The average molecular weight is 466 g/mol. The van der Waals surface area contributed by atoms with Crippen LogP contribution in [0.4, 0.5) is 0 Å². The van der Waals surface area contributed by atoms with E-state index in [-0.39, 0.29) is 30.4 Å². The predicted octanol–water partition coefficient (Wildman–Crippen LogP) is 4.02. The Kier molecular flexibility index (Phi) is 8.34. The maximum absolute atomic E-state index is 13.2. The number of benzene rings is 3. The summed E-state index contributed by atoms with van der Waals surface area (Å²) in [4.78, 5) is 26.4. The van der Waals surface area contributed by atoms with Crippen LogP contribution in [0.1, 0.15) is 21.5 Å². The first-order valence-electron chi connectivity index (χ1n) is 10.5. The SMILES string of the molecule is COc1ccc(CN(Cc2ccccc2)C(=O)COc2cc(OC)ccc2C(=O)O)c(OC)c1. The third-order valence-corrected chi connectivity index (χ3v) is 5.19. The van der Waals surface area contributed by atoms with Gasteiger partial charge in [0.05, 0.1) is 21.3 Å². The molecule has 0 aliphatic rings. The minimum absolute atomic E-state index is 0.0555. The topological polar surface area (TPSA) is 94.5 Å². The lowest BCUT2D eigenvalue weighted by atomic mass is 10.1. The van der Waals surface area contributed by atoms with Gasteiger partial charge in [0, 0.05) is 30.8 Å². The summed E-state index contributed by atoms with van der Waals surface area (Å²) < 4.78 is 21.5. The smallest absolute Gasteiger partial charge is 0.339 e. The van der Waals surface area contributed by atoms with Crippen molar-refractivity contribution in [1.29, 1.82) is 0 Å². The zero-order valence-electron chi connectivity index (χ0n) is 19.3. The number of carboxylic acids is 1. The van der Waals surface area contributed by atoms with E-state index in [0.717, 1.165) is 11.1 Å². The highest BCUT2D eigenvalue weighted by molar-refractivity contribution is 5.91. The van der Waals surface area contributed by atoms with Crippen molar-refractivity contribution in [2.24, 2.45) is 0 Å². The Labute approximate surface area is 198 Å². The summed E-state index contributed by atoms with van der Waals surface area (Å²) in [6, 6.07) is 19.3. The molecule has 0 atom stereocenters. The molecule has 1 amide bonds. The Hall–Kier alpha value is -4.20. The molecule has 1 N–H and O–H groups in total. The first-order chi connectivity index (χ1) is 16.4. The summed E-state index contributed by atoms with van der Waals surface area (Å²) in [5, 5.41) is 9.45. The summed E-state index contributed by atoms with van der Waals surface area (Å²) >= 11 is 0. The van der Waals surface area contributed by atoms with Crippen LogP contribution in [0.5, 0.6) is 23.0 Å². The molecule has 3 aromatic rings. The number of hydrogen-bond donors (Lipinski definition) is 1. The number of carbonyl (C=O) groups is 2. The molecule has 0 fully saturated rings. The summed E-state index contributed by atoms with van der Waals surface area (Å²) in [5.74, 6) is 0.240. The van der Waals surface area contributed by atoms with Gasteiger partial charge in [0.15, 0.2) is 6.61 Å². The standard InChI is InChI=1S/C26H27NO7/c1-31-20-10-9-19(23(13-20)33-3)16-27(15-18-7-5-4-6-8-18)25(28)17-34-24-14-21(32-2)11-12-22(24)26(29)30/h4-14H,15-17H2,1-3H3,(H,29,30). The molecule has 3 aromatic carbocycles. The van der Waals surface area contributed by atoms with Crippen molar-refractivity contribution in [3.63, 3.8) is 0 Å². The highest BCUT2D eigenvalue weighted by atomic mass is 16.5. The van der Waals surface area contributed by atoms with Gasteiger partial charge in [-0.25, -0.2) is 4.79 Å². The van der Waals surface area contributed by atoms with Gasteiger partial charge in [0.1, 0.15) is 28.6 Å². The molecule has 178 valence electrons. The molecule has 3 rings (SSSR count). The van der Waals surface area contributed by atoms with E-state index in [1.165, 1.54) is 25.3 Å². The molecule has 0 aromatic heterocycles. The number of amides is 1. The molecule has 0 heterocycles. The molecule has 34 heavy (non-hydrogen) atoms. The Morgan fingerprint density at radius 3 is 2.06 bits per heavy atom. The van der Waals surface area contributed by atoms with E-state index in [0.29, 0.717) is 23.8 Å². The largest absolute Gasteiger partial charge is 0.497 e. The third-order valence-electron chi connectivity index (χ3n) is 5.19. The molecule has 0 saturated carbocycles. The molecule has 0 aliphatic carbocycles. The maximum Gasteiger partial charge on any atom is 0.339 e. The minimum Gasteiger partial charge on any atom is -0.497 e. The van der Waals surface area contributed by atoms with Crippen LogP contribution in [-0.4, -0.2) is 49.8 Å². The number of hydrogen-bond acceptors (Lipinski definition) is 6. The number of carboxylic acid groups (broad SMARTS) is 1. The van der Waals surface area contributed by atoms with Crippen LogP contribution < -0.4 is 18.9 Å².